The largest absolute Gasteiger partial charge is 0.417 e. The van der Waals surface area contributed by atoms with E-state index in [1.807, 2.05) is 11.8 Å². The third-order valence-electron chi connectivity index (χ3n) is 6.57. The molecule has 4 rings (SSSR count). The van der Waals surface area contributed by atoms with Crippen LogP contribution in [-0.4, -0.2) is 62.5 Å². The fourth-order valence-corrected chi connectivity index (χ4v) is 4.57. The minimum absolute atomic E-state index is 0.0612. The zero-order chi connectivity index (χ0) is 21.5. The number of aromatic nitrogens is 3. The molecule has 0 aliphatic carbocycles. The molecule has 4 heterocycles. The highest BCUT2D eigenvalue weighted by atomic mass is 19.4. The Morgan fingerprint density at radius 1 is 1.13 bits per heavy atom. The van der Waals surface area contributed by atoms with Crippen LogP contribution >= 0.6 is 0 Å². The topological polar surface area (TPSA) is 53.7 Å². The molecule has 2 aliphatic rings. The molecule has 0 spiro atoms. The minimum Gasteiger partial charge on any atom is -0.341 e. The van der Waals surface area contributed by atoms with Crippen molar-refractivity contribution in [1.29, 1.82) is 0 Å². The van der Waals surface area contributed by atoms with Crippen LogP contribution in [0.5, 0.6) is 0 Å². The molecule has 30 heavy (non-hydrogen) atoms. The molecule has 9 heteroatoms. The lowest BCUT2D eigenvalue weighted by Gasteiger charge is -2.39. The van der Waals surface area contributed by atoms with Crippen molar-refractivity contribution in [2.45, 2.75) is 57.7 Å². The molecule has 6 nitrogen and oxygen atoms in total. The Morgan fingerprint density at radius 3 is 2.57 bits per heavy atom. The summed E-state index contributed by atoms with van der Waals surface area (Å²) < 4.78 is 40.9. The van der Waals surface area contributed by atoms with Gasteiger partial charge in [-0.1, -0.05) is 6.92 Å². The molecular weight excluding hydrogens is 395 g/mol. The number of rotatable bonds is 3. The van der Waals surface area contributed by atoms with E-state index in [-0.39, 0.29) is 17.9 Å². The number of likely N-dealkylation sites (tertiary alicyclic amines) is 2. The summed E-state index contributed by atoms with van der Waals surface area (Å²) in [5.74, 6) is 1.28. The number of nitrogens with zero attached hydrogens (tertiary/aromatic N) is 5. The number of alkyl halides is 3. The Bertz CT molecular complexity index is 904. The summed E-state index contributed by atoms with van der Waals surface area (Å²) in [6, 6.07) is 2.14. The summed E-state index contributed by atoms with van der Waals surface area (Å²) >= 11 is 0. The first kappa shape index (κ1) is 21.1. The highest BCUT2D eigenvalue weighted by molar-refractivity contribution is 5.81. The lowest BCUT2D eigenvalue weighted by Crippen LogP contribution is -2.51. The van der Waals surface area contributed by atoms with Gasteiger partial charge in [0.25, 0.3) is 0 Å². The molecule has 1 amide bonds. The molecule has 164 valence electrons. The van der Waals surface area contributed by atoms with E-state index in [0.29, 0.717) is 23.9 Å². The number of carbonyl (C=O) groups excluding carboxylic acids is 1. The molecular formula is C21H28F3N5O. The molecule has 0 radical (unpaired) electrons. The second-order valence-electron chi connectivity index (χ2n) is 8.72. The van der Waals surface area contributed by atoms with E-state index in [9.17, 15) is 18.0 Å². The third kappa shape index (κ3) is 4.17. The second-order valence-corrected chi connectivity index (χ2v) is 8.72. The van der Waals surface area contributed by atoms with Gasteiger partial charge in [0.1, 0.15) is 5.82 Å². The fraction of sp³-hybridized carbons (Fsp3) is 0.667. The van der Waals surface area contributed by atoms with Crippen molar-refractivity contribution in [1.82, 2.24) is 24.4 Å². The van der Waals surface area contributed by atoms with Gasteiger partial charge >= 0.3 is 6.18 Å². The van der Waals surface area contributed by atoms with Crippen molar-refractivity contribution in [3.05, 3.63) is 29.7 Å². The van der Waals surface area contributed by atoms with E-state index >= 15 is 0 Å². The summed E-state index contributed by atoms with van der Waals surface area (Å²) in [6.07, 6.45) is 0.417. The normalized spacial score (nSPS) is 23.1. The Hall–Kier alpha value is -2.16. The van der Waals surface area contributed by atoms with Gasteiger partial charge in [-0.3, -0.25) is 14.1 Å². The van der Waals surface area contributed by atoms with Gasteiger partial charge < -0.3 is 4.90 Å². The maximum Gasteiger partial charge on any atom is 0.417 e. The number of fused-ring (bicyclic) bond motifs is 1. The first-order valence-electron chi connectivity index (χ1n) is 10.7. The van der Waals surface area contributed by atoms with Crippen molar-refractivity contribution in [3.8, 4) is 0 Å². The third-order valence-corrected chi connectivity index (χ3v) is 6.57. The molecule has 0 saturated carbocycles. The number of carbonyl (C=O) groups is 1. The molecule has 2 saturated heterocycles. The fourth-order valence-electron chi connectivity index (χ4n) is 4.57. The quantitative estimate of drug-likeness (QED) is 0.757. The first-order chi connectivity index (χ1) is 14.2. The first-order valence-corrected chi connectivity index (χ1v) is 10.7. The average molecular weight is 423 g/mol. The standard InChI is InChI=1S/C21H28F3N5O/c1-14-7-10-27(11-8-14)20(30)15(2)28-9-3-4-16(12-28)19-26-25-18-6-5-17(13-29(18)19)21(22,23)24/h5-6,13-16H,3-4,7-12H2,1-2H3. The van der Waals surface area contributed by atoms with Crippen molar-refractivity contribution < 1.29 is 18.0 Å². The molecule has 0 bridgehead atoms. The molecule has 2 aromatic rings. The number of amides is 1. The minimum atomic E-state index is -4.42. The van der Waals surface area contributed by atoms with Crippen LogP contribution in [-0.2, 0) is 11.0 Å². The molecule has 2 atom stereocenters. The molecule has 0 aromatic carbocycles. The maximum absolute atomic E-state index is 13.1. The van der Waals surface area contributed by atoms with Crippen LogP contribution in [0.15, 0.2) is 18.3 Å². The predicted molar refractivity (Wildman–Crippen MR) is 106 cm³/mol. The Kier molecular flexibility index (Phi) is 5.74. The van der Waals surface area contributed by atoms with Crippen molar-refractivity contribution in [3.63, 3.8) is 0 Å². The highest BCUT2D eigenvalue weighted by Gasteiger charge is 2.34. The zero-order valence-corrected chi connectivity index (χ0v) is 17.4. The molecule has 2 aromatic heterocycles. The average Bonchev–Trinajstić information content (AvgIpc) is 3.16. The Morgan fingerprint density at radius 2 is 1.87 bits per heavy atom. The number of pyridine rings is 1. The number of halogens is 3. The number of piperidine rings is 2. The van der Waals surface area contributed by atoms with E-state index in [1.165, 1.54) is 10.5 Å². The van der Waals surface area contributed by atoms with E-state index in [0.717, 1.165) is 57.6 Å². The Labute approximate surface area is 174 Å². The van der Waals surface area contributed by atoms with Gasteiger partial charge in [0.2, 0.25) is 5.91 Å². The molecule has 2 aliphatic heterocycles. The van der Waals surface area contributed by atoms with Gasteiger partial charge in [-0.2, -0.15) is 13.2 Å². The lowest BCUT2D eigenvalue weighted by atomic mass is 9.95. The van der Waals surface area contributed by atoms with Crippen molar-refractivity contribution >= 4 is 11.6 Å². The van der Waals surface area contributed by atoms with Crippen LogP contribution in [0.2, 0.25) is 0 Å². The molecule has 0 N–H and O–H groups in total. The Balaban J connectivity index is 1.50. The van der Waals surface area contributed by atoms with Crippen LogP contribution in [0, 0.1) is 5.92 Å². The van der Waals surface area contributed by atoms with Gasteiger partial charge in [-0.05, 0) is 57.2 Å². The molecule has 2 unspecified atom stereocenters. The summed E-state index contributed by atoms with van der Waals surface area (Å²) in [5, 5.41) is 8.26. The lowest BCUT2D eigenvalue weighted by molar-refractivity contribution is -0.139. The van der Waals surface area contributed by atoms with Crippen molar-refractivity contribution in [2.75, 3.05) is 26.2 Å². The van der Waals surface area contributed by atoms with Crippen LogP contribution in [0.25, 0.3) is 5.65 Å². The van der Waals surface area contributed by atoms with E-state index in [1.54, 1.807) is 0 Å². The SMILES string of the molecule is CC1CCN(C(=O)C(C)N2CCCC(c3nnc4ccc(C(F)(F)F)cn34)C2)CC1. The van der Waals surface area contributed by atoms with Gasteiger partial charge in [0.05, 0.1) is 11.6 Å². The van der Waals surface area contributed by atoms with Crippen molar-refractivity contribution in [2.24, 2.45) is 5.92 Å². The summed E-state index contributed by atoms with van der Waals surface area (Å²) in [5.41, 5.74) is -0.312. The number of hydrogen-bond donors (Lipinski definition) is 0. The van der Waals surface area contributed by atoms with E-state index in [2.05, 4.69) is 22.0 Å². The van der Waals surface area contributed by atoms with Crippen LogP contribution in [0.3, 0.4) is 0 Å². The van der Waals surface area contributed by atoms with E-state index < -0.39 is 11.7 Å². The van der Waals surface area contributed by atoms with Crippen LogP contribution < -0.4 is 0 Å². The van der Waals surface area contributed by atoms with E-state index in [4.69, 9.17) is 0 Å². The monoisotopic (exact) mass is 423 g/mol. The smallest absolute Gasteiger partial charge is 0.341 e. The second kappa shape index (κ2) is 8.17. The maximum atomic E-state index is 13.1. The van der Waals surface area contributed by atoms with Gasteiger partial charge in [-0.25, -0.2) is 0 Å². The highest BCUT2D eigenvalue weighted by Crippen LogP contribution is 2.32. The predicted octanol–water partition coefficient (Wildman–Crippen LogP) is 3.57. The summed E-state index contributed by atoms with van der Waals surface area (Å²) in [6.45, 7) is 7.15. The number of hydrogen-bond acceptors (Lipinski definition) is 4. The van der Waals surface area contributed by atoms with Gasteiger partial charge in [0.15, 0.2) is 5.65 Å². The van der Waals surface area contributed by atoms with Crippen LogP contribution in [0.1, 0.15) is 56.8 Å². The summed E-state index contributed by atoms with van der Waals surface area (Å²) in [7, 11) is 0. The molecule has 2 fully saturated rings. The van der Waals surface area contributed by atoms with Gasteiger partial charge in [0, 0.05) is 31.7 Å². The van der Waals surface area contributed by atoms with Gasteiger partial charge in [-0.15, -0.1) is 10.2 Å². The summed E-state index contributed by atoms with van der Waals surface area (Å²) in [4.78, 5) is 17.1. The zero-order valence-electron chi connectivity index (χ0n) is 17.4. The van der Waals surface area contributed by atoms with Crippen LogP contribution in [0.4, 0.5) is 13.2 Å².